The molecule has 4 nitrogen and oxygen atoms in total. The van der Waals surface area contributed by atoms with Crippen LogP contribution in [0.2, 0.25) is 0 Å². The fourth-order valence-electron chi connectivity index (χ4n) is 2.51. The van der Waals surface area contributed by atoms with Gasteiger partial charge in [0.1, 0.15) is 0 Å². The first-order chi connectivity index (χ1) is 9.24. The van der Waals surface area contributed by atoms with Crippen molar-refractivity contribution < 1.29 is 9.53 Å². The lowest BCUT2D eigenvalue weighted by Gasteiger charge is -2.32. The van der Waals surface area contributed by atoms with Crippen molar-refractivity contribution in [3.63, 3.8) is 0 Å². The molecule has 0 spiro atoms. The summed E-state index contributed by atoms with van der Waals surface area (Å²) < 4.78 is 5.10. The van der Waals surface area contributed by atoms with E-state index in [1.54, 1.807) is 7.11 Å². The average molecular weight is 299 g/mol. The van der Waals surface area contributed by atoms with Crippen molar-refractivity contribution in [1.82, 2.24) is 10.2 Å². The van der Waals surface area contributed by atoms with Gasteiger partial charge >= 0.3 is 0 Å². The molecule has 20 heavy (non-hydrogen) atoms. The topological polar surface area (TPSA) is 41.6 Å². The Balaban J connectivity index is 0.00000200. The van der Waals surface area contributed by atoms with Crippen molar-refractivity contribution in [2.24, 2.45) is 0 Å². The number of nitrogens with zero attached hydrogens (tertiary/aromatic N) is 1. The standard InChI is InChI=1S/C15H22N2O2.ClH/c1-16-14-6-8-17(9-7-14)15(18)13-5-3-4-12(10-13)11-19-2;/h3-5,10,14,16H,6-9,11H2,1-2H3;1H. The number of methoxy groups -OCH3 is 1. The smallest absolute Gasteiger partial charge is 0.253 e. The lowest BCUT2D eigenvalue weighted by atomic mass is 10.0. The predicted molar refractivity (Wildman–Crippen MR) is 82.4 cm³/mol. The molecule has 0 saturated carbocycles. The van der Waals surface area contributed by atoms with Gasteiger partial charge in [0.05, 0.1) is 6.61 Å². The number of piperidine rings is 1. The summed E-state index contributed by atoms with van der Waals surface area (Å²) in [5.41, 5.74) is 1.80. The predicted octanol–water partition coefficient (Wildman–Crippen LogP) is 2.08. The van der Waals surface area contributed by atoms with E-state index in [2.05, 4.69) is 5.32 Å². The van der Waals surface area contributed by atoms with Gasteiger partial charge < -0.3 is 15.0 Å². The summed E-state index contributed by atoms with van der Waals surface area (Å²) in [6.45, 7) is 2.21. The first-order valence-electron chi connectivity index (χ1n) is 6.79. The number of likely N-dealkylation sites (tertiary alicyclic amines) is 1. The van der Waals surface area contributed by atoms with E-state index in [1.165, 1.54) is 0 Å². The second-order valence-corrected chi connectivity index (χ2v) is 4.99. The van der Waals surface area contributed by atoms with Crippen LogP contribution in [0, 0.1) is 0 Å². The highest BCUT2D eigenvalue weighted by atomic mass is 35.5. The maximum atomic E-state index is 12.4. The first-order valence-corrected chi connectivity index (χ1v) is 6.79. The molecular weight excluding hydrogens is 276 g/mol. The second-order valence-electron chi connectivity index (χ2n) is 4.99. The molecule has 112 valence electrons. The van der Waals surface area contributed by atoms with E-state index in [0.717, 1.165) is 37.1 Å². The molecular formula is C15H23ClN2O2. The van der Waals surface area contributed by atoms with Crippen LogP contribution >= 0.6 is 12.4 Å². The Hall–Kier alpha value is -1.10. The number of hydrogen-bond acceptors (Lipinski definition) is 3. The summed E-state index contributed by atoms with van der Waals surface area (Å²) in [6, 6.07) is 8.25. The summed E-state index contributed by atoms with van der Waals surface area (Å²) in [5, 5.41) is 3.27. The molecule has 1 aromatic carbocycles. The van der Waals surface area contributed by atoms with Crippen LogP contribution in [0.4, 0.5) is 0 Å². The van der Waals surface area contributed by atoms with Gasteiger partial charge in [0.25, 0.3) is 5.91 Å². The third-order valence-corrected chi connectivity index (χ3v) is 3.68. The van der Waals surface area contributed by atoms with E-state index in [0.29, 0.717) is 12.6 Å². The number of rotatable bonds is 4. The zero-order valence-electron chi connectivity index (χ0n) is 12.1. The highest BCUT2D eigenvalue weighted by Crippen LogP contribution is 2.15. The third-order valence-electron chi connectivity index (χ3n) is 3.68. The molecule has 1 N–H and O–H groups in total. The number of carbonyl (C=O) groups excluding carboxylic acids is 1. The van der Waals surface area contributed by atoms with Crippen LogP contribution in [-0.2, 0) is 11.3 Å². The Bertz CT molecular complexity index is 432. The quantitative estimate of drug-likeness (QED) is 0.925. The van der Waals surface area contributed by atoms with E-state index < -0.39 is 0 Å². The molecule has 1 amide bonds. The van der Waals surface area contributed by atoms with Crippen LogP contribution in [-0.4, -0.2) is 44.1 Å². The van der Waals surface area contributed by atoms with Crippen LogP contribution in [0.5, 0.6) is 0 Å². The van der Waals surface area contributed by atoms with E-state index in [9.17, 15) is 4.79 Å². The molecule has 0 aliphatic carbocycles. The molecule has 0 aromatic heterocycles. The number of hydrogen-bond donors (Lipinski definition) is 1. The van der Waals surface area contributed by atoms with Crippen LogP contribution in [0.1, 0.15) is 28.8 Å². The molecule has 2 rings (SSSR count). The van der Waals surface area contributed by atoms with Crippen LogP contribution < -0.4 is 5.32 Å². The lowest BCUT2D eigenvalue weighted by Crippen LogP contribution is -2.43. The Labute approximate surface area is 126 Å². The van der Waals surface area contributed by atoms with Crippen LogP contribution in [0.25, 0.3) is 0 Å². The van der Waals surface area contributed by atoms with Gasteiger partial charge in [-0.2, -0.15) is 0 Å². The maximum absolute atomic E-state index is 12.4. The normalized spacial score (nSPS) is 15.8. The Morgan fingerprint density at radius 3 is 2.70 bits per heavy atom. The average Bonchev–Trinajstić information content (AvgIpc) is 2.47. The lowest BCUT2D eigenvalue weighted by molar-refractivity contribution is 0.0707. The van der Waals surface area contributed by atoms with E-state index >= 15 is 0 Å². The van der Waals surface area contributed by atoms with Crippen molar-refractivity contribution in [2.75, 3.05) is 27.2 Å². The monoisotopic (exact) mass is 298 g/mol. The van der Waals surface area contributed by atoms with Crippen molar-refractivity contribution in [2.45, 2.75) is 25.5 Å². The number of nitrogens with one attached hydrogen (secondary N) is 1. The van der Waals surface area contributed by atoms with Crippen molar-refractivity contribution in [3.8, 4) is 0 Å². The molecule has 1 heterocycles. The summed E-state index contributed by atoms with van der Waals surface area (Å²) in [5.74, 6) is 0.132. The number of carbonyl (C=O) groups is 1. The molecule has 0 bridgehead atoms. The number of benzene rings is 1. The van der Waals surface area contributed by atoms with Gasteiger partial charge in [-0.25, -0.2) is 0 Å². The van der Waals surface area contributed by atoms with Gasteiger partial charge in [-0.05, 0) is 37.6 Å². The largest absolute Gasteiger partial charge is 0.380 e. The molecule has 1 saturated heterocycles. The molecule has 1 aromatic rings. The zero-order chi connectivity index (χ0) is 13.7. The van der Waals surface area contributed by atoms with Crippen molar-refractivity contribution in [3.05, 3.63) is 35.4 Å². The molecule has 1 aliphatic heterocycles. The Morgan fingerprint density at radius 1 is 1.40 bits per heavy atom. The summed E-state index contributed by atoms with van der Waals surface area (Å²) in [7, 11) is 3.65. The molecule has 1 fully saturated rings. The fourth-order valence-corrected chi connectivity index (χ4v) is 2.51. The molecule has 5 heteroatoms. The Morgan fingerprint density at radius 2 is 2.10 bits per heavy atom. The minimum absolute atomic E-state index is 0. The first kappa shape index (κ1) is 17.0. The molecule has 0 radical (unpaired) electrons. The van der Waals surface area contributed by atoms with Crippen LogP contribution in [0.15, 0.2) is 24.3 Å². The van der Waals surface area contributed by atoms with Gasteiger partial charge in [-0.1, -0.05) is 12.1 Å². The van der Waals surface area contributed by atoms with Gasteiger partial charge in [0, 0.05) is 31.8 Å². The highest BCUT2D eigenvalue weighted by molar-refractivity contribution is 5.94. The number of ether oxygens (including phenoxy) is 1. The Kier molecular flexibility index (Phi) is 6.99. The molecule has 0 atom stereocenters. The van der Waals surface area contributed by atoms with E-state index in [4.69, 9.17) is 4.74 Å². The molecule has 0 unspecified atom stereocenters. The minimum atomic E-state index is 0. The van der Waals surface area contributed by atoms with Gasteiger partial charge in [0.2, 0.25) is 0 Å². The van der Waals surface area contributed by atoms with Crippen LogP contribution in [0.3, 0.4) is 0 Å². The van der Waals surface area contributed by atoms with E-state index in [1.807, 2.05) is 36.2 Å². The summed E-state index contributed by atoms with van der Waals surface area (Å²) >= 11 is 0. The van der Waals surface area contributed by atoms with Crippen molar-refractivity contribution in [1.29, 1.82) is 0 Å². The molecule has 1 aliphatic rings. The van der Waals surface area contributed by atoms with Crippen molar-refractivity contribution >= 4 is 18.3 Å². The SMILES string of the molecule is CNC1CCN(C(=O)c2cccc(COC)c2)CC1.Cl. The van der Waals surface area contributed by atoms with Gasteiger partial charge in [-0.3, -0.25) is 4.79 Å². The maximum Gasteiger partial charge on any atom is 0.253 e. The highest BCUT2D eigenvalue weighted by Gasteiger charge is 2.22. The fraction of sp³-hybridized carbons (Fsp3) is 0.533. The van der Waals surface area contributed by atoms with Gasteiger partial charge in [0.15, 0.2) is 0 Å². The number of halogens is 1. The van der Waals surface area contributed by atoms with Gasteiger partial charge in [-0.15, -0.1) is 12.4 Å². The summed E-state index contributed by atoms with van der Waals surface area (Å²) in [4.78, 5) is 14.4. The summed E-state index contributed by atoms with van der Waals surface area (Å²) in [6.07, 6.45) is 2.06. The zero-order valence-corrected chi connectivity index (χ0v) is 12.9. The van der Waals surface area contributed by atoms with E-state index in [-0.39, 0.29) is 18.3 Å². The second kappa shape index (κ2) is 8.25. The third kappa shape index (κ3) is 4.20. The number of amides is 1. The minimum Gasteiger partial charge on any atom is -0.380 e.